The fourth-order valence-electron chi connectivity index (χ4n) is 2.25. The lowest BCUT2D eigenvalue weighted by Crippen LogP contribution is -2.29. The maximum absolute atomic E-state index is 12.5. The zero-order chi connectivity index (χ0) is 15.2. The molecule has 0 aliphatic heterocycles. The van der Waals surface area contributed by atoms with Crippen molar-refractivity contribution in [2.75, 3.05) is 6.54 Å². The van der Waals surface area contributed by atoms with E-state index in [9.17, 15) is 13.2 Å². The molecule has 1 atom stereocenters. The topological polar surface area (TPSA) is 12.0 Å². The van der Waals surface area contributed by atoms with Gasteiger partial charge in [-0.05, 0) is 43.0 Å². The minimum atomic E-state index is -4.25. The molecule has 1 aromatic carbocycles. The molecule has 0 aliphatic carbocycles. The fourth-order valence-corrected chi connectivity index (χ4v) is 2.25. The Morgan fingerprint density at radius 1 is 1.10 bits per heavy atom. The van der Waals surface area contributed by atoms with Gasteiger partial charge in [-0.1, -0.05) is 39.3 Å². The zero-order valence-corrected chi connectivity index (χ0v) is 12.4. The van der Waals surface area contributed by atoms with Crippen LogP contribution in [0.3, 0.4) is 0 Å². The van der Waals surface area contributed by atoms with Crippen LogP contribution in [0.1, 0.15) is 44.7 Å². The van der Waals surface area contributed by atoms with E-state index >= 15 is 0 Å². The second-order valence-electron chi connectivity index (χ2n) is 5.62. The normalized spacial score (nSPS) is 13.8. The van der Waals surface area contributed by atoms with Crippen LogP contribution in [0.15, 0.2) is 24.3 Å². The molecule has 0 bridgehead atoms. The number of alkyl halides is 3. The predicted octanol–water partition coefficient (Wildman–Crippen LogP) is 4.66. The van der Waals surface area contributed by atoms with Crippen molar-refractivity contribution in [1.29, 1.82) is 0 Å². The van der Waals surface area contributed by atoms with Crippen molar-refractivity contribution in [2.45, 2.75) is 52.3 Å². The van der Waals surface area contributed by atoms with Gasteiger partial charge >= 0.3 is 6.18 Å². The maximum atomic E-state index is 12.5. The largest absolute Gasteiger partial charge is 0.416 e. The Kier molecular flexibility index (Phi) is 6.53. The molecule has 0 aromatic heterocycles. The standard InChI is InChI=1S/C16H24F3N/c1-4-5-14(11-20-12(2)3)10-13-6-8-15(9-7-13)16(17,18)19/h6-9,12,14,20H,4-5,10-11H2,1-3H3. The van der Waals surface area contributed by atoms with Crippen LogP contribution < -0.4 is 5.32 Å². The van der Waals surface area contributed by atoms with Gasteiger partial charge in [0.25, 0.3) is 0 Å². The van der Waals surface area contributed by atoms with Gasteiger partial charge in [0.2, 0.25) is 0 Å². The van der Waals surface area contributed by atoms with Crippen molar-refractivity contribution in [3.8, 4) is 0 Å². The van der Waals surface area contributed by atoms with Crippen molar-refractivity contribution in [2.24, 2.45) is 5.92 Å². The highest BCUT2D eigenvalue weighted by molar-refractivity contribution is 5.24. The van der Waals surface area contributed by atoms with Gasteiger partial charge in [-0.25, -0.2) is 0 Å². The van der Waals surface area contributed by atoms with Crippen molar-refractivity contribution in [3.05, 3.63) is 35.4 Å². The smallest absolute Gasteiger partial charge is 0.314 e. The monoisotopic (exact) mass is 287 g/mol. The summed E-state index contributed by atoms with van der Waals surface area (Å²) in [6.45, 7) is 7.24. The minimum Gasteiger partial charge on any atom is -0.314 e. The Morgan fingerprint density at radius 2 is 1.70 bits per heavy atom. The van der Waals surface area contributed by atoms with Gasteiger partial charge < -0.3 is 5.32 Å². The number of nitrogens with one attached hydrogen (secondary N) is 1. The van der Waals surface area contributed by atoms with Gasteiger partial charge in [0.05, 0.1) is 5.56 Å². The van der Waals surface area contributed by atoms with Crippen LogP contribution >= 0.6 is 0 Å². The highest BCUT2D eigenvalue weighted by Crippen LogP contribution is 2.29. The summed E-state index contributed by atoms with van der Waals surface area (Å²) in [4.78, 5) is 0. The Hall–Kier alpha value is -1.03. The molecule has 0 saturated carbocycles. The summed E-state index contributed by atoms with van der Waals surface area (Å²) in [6, 6.07) is 5.98. The number of rotatable bonds is 7. The summed E-state index contributed by atoms with van der Waals surface area (Å²) >= 11 is 0. The third-order valence-electron chi connectivity index (χ3n) is 3.32. The molecule has 0 fully saturated rings. The summed E-state index contributed by atoms with van der Waals surface area (Å²) in [6.07, 6.45) is -1.25. The summed E-state index contributed by atoms with van der Waals surface area (Å²) in [5.41, 5.74) is 0.399. The quantitative estimate of drug-likeness (QED) is 0.769. The third kappa shape index (κ3) is 5.95. The first-order valence-electron chi connectivity index (χ1n) is 7.22. The SMILES string of the molecule is CCCC(CNC(C)C)Cc1ccc(C(F)(F)F)cc1. The number of halogens is 3. The Bertz CT molecular complexity index is 382. The molecule has 0 amide bonds. The molecule has 1 unspecified atom stereocenters. The Labute approximate surface area is 119 Å². The van der Waals surface area contributed by atoms with Gasteiger partial charge in [-0.3, -0.25) is 0 Å². The van der Waals surface area contributed by atoms with Crippen LogP contribution in [0.25, 0.3) is 0 Å². The molecule has 1 rings (SSSR count). The lowest BCUT2D eigenvalue weighted by atomic mass is 9.94. The Balaban J connectivity index is 2.64. The van der Waals surface area contributed by atoms with E-state index in [2.05, 4.69) is 26.1 Å². The van der Waals surface area contributed by atoms with Crippen LogP contribution in [0.4, 0.5) is 13.2 Å². The molecule has 1 aromatic rings. The van der Waals surface area contributed by atoms with E-state index in [1.807, 2.05) is 0 Å². The molecule has 0 heterocycles. The van der Waals surface area contributed by atoms with E-state index in [0.29, 0.717) is 12.0 Å². The summed E-state index contributed by atoms with van der Waals surface area (Å²) < 4.78 is 37.5. The number of hydrogen-bond donors (Lipinski definition) is 1. The first kappa shape index (κ1) is 17.0. The van der Waals surface area contributed by atoms with Crippen LogP contribution in [0, 0.1) is 5.92 Å². The molecule has 1 N–H and O–H groups in total. The van der Waals surface area contributed by atoms with Crippen LogP contribution in [-0.2, 0) is 12.6 Å². The second kappa shape index (κ2) is 7.67. The third-order valence-corrected chi connectivity index (χ3v) is 3.32. The van der Waals surface area contributed by atoms with Gasteiger partial charge in [-0.2, -0.15) is 13.2 Å². The van der Waals surface area contributed by atoms with Gasteiger partial charge in [-0.15, -0.1) is 0 Å². The molecule has 0 radical (unpaired) electrons. The van der Waals surface area contributed by atoms with Gasteiger partial charge in [0.15, 0.2) is 0 Å². The number of benzene rings is 1. The van der Waals surface area contributed by atoms with Crippen molar-refractivity contribution in [3.63, 3.8) is 0 Å². The lowest BCUT2D eigenvalue weighted by Gasteiger charge is -2.19. The Morgan fingerprint density at radius 3 is 2.15 bits per heavy atom. The summed E-state index contributed by atoms with van der Waals surface area (Å²) in [7, 11) is 0. The molecule has 20 heavy (non-hydrogen) atoms. The van der Waals surface area contributed by atoms with Crippen molar-refractivity contribution < 1.29 is 13.2 Å². The van der Waals surface area contributed by atoms with E-state index in [1.54, 1.807) is 12.1 Å². The number of hydrogen-bond acceptors (Lipinski definition) is 1. The first-order chi connectivity index (χ1) is 9.32. The van der Waals surface area contributed by atoms with E-state index < -0.39 is 11.7 Å². The van der Waals surface area contributed by atoms with E-state index in [1.165, 1.54) is 12.1 Å². The minimum absolute atomic E-state index is 0.432. The lowest BCUT2D eigenvalue weighted by molar-refractivity contribution is -0.137. The van der Waals surface area contributed by atoms with E-state index in [0.717, 1.165) is 31.4 Å². The molecular formula is C16H24F3N. The zero-order valence-electron chi connectivity index (χ0n) is 12.4. The first-order valence-corrected chi connectivity index (χ1v) is 7.22. The molecule has 1 nitrogen and oxygen atoms in total. The predicted molar refractivity (Wildman–Crippen MR) is 76.7 cm³/mol. The average Bonchev–Trinajstić information content (AvgIpc) is 2.36. The van der Waals surface area contributed by atoms with Crippen LogP contribution in [0.5, 0.6) is 0 Å². The molecule has 114 valence electrons. The van der Waals surface area contributed by atoms with Gasteiger partial charge in [0.1, 0.15) is 0 Å². The molecule has 0 saturated heterocycles. The second-order valence-corrected chi connectivity index (χ2v) is 5.62. The highest BCUT2D eigenvalue weighted by atomic mass is 19.4. The molecule has 4 heteroatoms. The van der Waals surface area contributed by atoms with E-state index in [4.69, 9.17) is 0 Å². The van der Waals surface area contributed by atoms with E-state index in [-0.39, 0.29) is 0 Å². The fraction of sp³-hybridized carbons (Fsp3) is 0.625. The van der Waals surface area contributed by atoms with Gasteiger partial charge in [0, 0.05) is 6.04 Å². The molecular weight excluding hydrogens is 263 g/mol. The molecule has 0 aliphatic rings. The van der Waals surface area contributed by atoms with Crippen LogP contribution in [0.2, 0.25) is 0 Å². The van der Waals surface area contributed by atoms with Crippen molar-refractivity contribution >= 4 is 0 Å². The van der Waals surface area contributed by atoms with Crippen LogP contribution in [-0.4, -0.2) is 12.6 Å². The summed E-state index contributed by atoms with van der Waals surface area (Å²) in [5.74, 6) is 0.471. The summed E-state index contributed by atoms with van der Waals surface area (Å²) in [5, 5.41) is 3.41. The van der Waals surface area contributed by atoms with Crippen molar-refractivity contribution in [1.82, 2.24) is 5.32 Å². The maximum Gasteiger partial charge on any atom is 0.416 e. The average molecular weight is 287 g/mol. The highest BCUT2D eigenvalue weighted by Gasteiger charge is 2.29. The molecule has 0 spiro atoms.